The molecule has 0 saturated carbocycles. The van der Waals surface area contributed by atoms with Gasteiger partial charge < -0.3 is 0 Å². The van der Waals surface area contributed by atoms with E-state index in [9.17, 15) is 8.42 Å². The summed E-state index contributed by atoms with van der Waals surface area (Å²) in [4.78, 5) is 4.49. The molecule has 4 rings (SSSR count). The van der Waals surface area contributed by atoms with Gasteiger partial charge in [-0.05, 0) is 23.8 Å². The van der Waals surface area contributed by atoms with Crippen molar-refractivity contribution < 1.29 is 8.42 Å². The van der Waals surface area contributed by atoms with Crippen LogP contribution < -0.4 is 4.72 Å². The molecule has 0 radical (unpaired) electrons. The molecule has 0 saturated heterocycles. The largest absolute Gasteiger partial charge is 0.275 e. The van der Waals surface area contributed by atoms with E-state index in [0.29, 0.717) is 16.7 Å². The van der Waals surface area contributed by atoms with Crippen molar-refractivity contribution in [3.63, 3.8) is 0 Å². The molecule has 8 nitrogen and oxygen atoms in total. The molecule has 4 aromatic rings. The summed E-state index contributed by atoms with van der Waals surface area (Å²) in [5, 5.41) is 4.14. The number of nitrogens with one attached hydrogen (secondary N) is 1. The van der Waals surface area contributed by atoms with E-state index in [1.165, 1.54) is 6.07 Å². The van der Waals surface area contributed by atoms with Gasteiger partial charge in [-0.1, -0.05) is 12.1 Å². The van der Waals surface area contributed by atoms with Crippen LogP contribution in [0.4, 0.5) is 0 Å². The molecular weight excluding hydrogens is 372 g/mol. The average Bonchev–Trinajstić information content (AvgIpc) is 3.28. The summed E-state index contributed by atoms with van der Waals surface area (Å²) in [6.45, 7) is 0.106. The Labute approximate surface area is 153 Å². The minimum absolute atomic E-state index is 0.106. The summed E-state index contributed by atoms with van der Waals surface area (Å²) in [5.41, 5.74) is 3.22. The van der Waals surface area contributed by atoms with Crippen molar-refractivity contribution >= 4 is 32.8 Å². The van der Waals surface area contributed by atoms with Gasteiger partial charge in [0.1, 0.15) is 15.9 Å². The highest BCUT2D eigenvalue weighted by molar-refractivity contribution is 7.89. The zero-order chi connectivity index (χ0) is 18.1. The molecule has 10 heteroatoms. The maximum absolute atomic E-state index is 12.8. The summed E-state index contributed by atoms with van der Waals surface area (Å²) >= 11 is 0.988. The lowest BCUT2D eigenvalue weighted by molar-refractivity contribution is 0.582. The second-order valence-corrected chi connectivity index (χ2v) is 7.89. The van der Waals surface area contributed by atoms with Gasteiger partial charge in [0, 0.05) is 31.5 Å². The fourth-order valence-corrected chi connectivity index (χ4v) is 4.40. The van der Waals surface area contributed by atoms with Crippen molar-refractivity contribution in [2.75, 3.05) is 0 Å². The van der Waals surface area contributed by atoms with E-state index in [4.69, 9.17) is 0 Å². The second-order valence-electron chi connectivity index (χ2n) is 5.63. The fraction of sp³-hybridized carbons (Fsp3) is 0.125. The first-order chi connectivity index (χ1) is 12.5. The first kappa shape index (κ1) is 16.8. The lowest BCUT2D eigenvalue weighted by atomic mass is 10.1. The highest BCUT2D eigenvalue weighted by Crippen LogP contribution is 2.23. The maximum Gasteiger partial charge on any atom is 0.243 e. The molecule has 0 atom stereocenters. The number of rotatable bonds is 5. The van der Waals surface area contributed by atoms with Crippen LogP contribution in [0.1, 0.15) is 5.56 Å². The predicted octanol–water partition coefficient (Wildman–Crippen LogP) is 1.97. The third-order valence-corrected chi connectivity index (χ3v) is 5.84. The normalized spacial score (nSPS) is 11.9. The zero-order valence-corrected chi connectivity index (χ0v) is 15.3. The molecule has 0 aliphatic carbocycles. The topological polar surface area (TPSA) is 103 Å². The van der Waals surface area contributed by atoms with Gasteiger partial charge in [-0.15, -0.1) is 0 Å². The summed E-state index contributed by atoms with van der Waals surface area (Å²) in [6, 6.07) is 8.53. The van der Waals surface area contributed by atoms with Crippen molar-refractivity contribution in [2.24, 2.45) is 7.05 Å². The molecule has 0 spiro atoms. The number of fused-ring (bicyclic) bond motifs is 1. The molecule has 0 bridgehead atoms. The molecule has 0 fully saturated rings. The summed E-state index contributed by atoms with van der Waals surface area (Å²) in [6.07, 6.45) is 5.20. The molecule has 1 aromatic carbocycles. The lowest BCUT2D eigenvalue weighted by Gasteiger charge is -2.10. The molecule has 3 heterocycles. The molecule has 0 aliphatic heterocycles. The van der Waals surface area contributed by atoms with Gasteiger partial charge in [0.15, 0.2) is 0 Å². The Balaban J connectivity index is 1.64. The van der Waals surface area contributed by atoms with Crippen LogP contribution in [0.3, 0.4) is 0 Å². The molecule has 0 unspecified atom stereocenters. The number of hydrogen-bond donors (Lipinski definition) is 1. The van der Waals surface area contributed by atoms with Crippen molar-refractivity contribution in [1.29, 1.82) is 0 Å². The minimum Gasteiger partial charge on any atom is -0.275 e. The van der Waals surface area contributed by atoms with Gasteiger partial charge in [0.25, 0.3) is 0 Å². The van der Waals surface area contributed by atoms with Crippen LogP contribution >= 0.6 is 11.7 Å². The summed E-state index contributed by atoms with van der Waals surface area (Å²) < 4.78 is 38.0. The second kappa shape index (κ2) is 6.56. The lowest BCUT2D eigenvalue weighted by Crippen LogP contribution is -2.24. The number of aromatic nitrogens is 5. The summed E-state index contributed by atoms with van der Waals surface area (Å²) in [5.74, 6) is 0. The van der Waals surface area contributed by atoms with Gasteiger partial charge in [-0.25, -0.2) is 13.1 Å². The van der Waals surface area contributed by atoms with E-state index in [0.717, 1.165) is 22.9 Å². The molecule has 0 aliphatic rings. The Morgan fingerprint density at radius 2 is 2.08 bits per heavy atom. The molecule has 132 valence electrons. The van der Waals surface area contributed by atoms with Crippen molar-refractivity contribution in [3.8, 4) is 11.3 Å². The van der Waals surface area contributed by atoms with E-state index in [1.54, 1.807) is 35.3 Å². The Morgan fingerprint density at radius 3 is 2.88 bits per heavy atom. The Morgan fingerprint density at radius 1 is 1.19 bits per heavy atom. The maximum atomic E-state index is 12.8. The SMILES string of the molecule is Cn1cc(-c2ncccc2CNS(=O)(=O)c2cccc3nsnc23)cn1. The number of nitrogens with zero attached hydrogens (tertiary/aromatic N) is 5. The van der Waals surface area contributed by atoms with Crippen LogP contribution in [-0.4, -0.2) is 31.9 Å². The molecule has 26 heavy (non-hydrogen) atoms. The van der Waals surface area contributed by atoms with E-state index in [2.05, 4.69) is 23.6 Å². The van der Waals surface area contributed by atoms with Gasteiger partial charge in [0.05, 0.1) is 23.6 Å². The minimum atomic E-state index is -3.74. The first-order valence-corrected chi connectivity index (χ1v) is 9.90. The van der Waals surface area contributed by atoms with Crippen LogP contribution in [-0.2, 0) is 23.6 Å². The number of aryl methyl sites for hydroxylation is 1. The molecule has 1 N–H and O–H groups in total. The van der Waals surface area contributed by atoms with Crippen LogP contribution in [0.2, 0.25) is 0 Å². The molecule has 0 amide bonds. The van der Waals surface area contributed by atoms with Crippen LogP contribution in [0.15, 0.2) is 53.8 Å². The zero-order valence-electron chi connectivity index (χ0n) is 13.7. The number of benzene rings is 1. The van der Waals surface area contributed by atoms with Crippen molar-refractivity contribution in [1.82, 2.24) is 28.2 Å². The molecule has 3 aromatic heterocycles. The standard InChI is InChI=1S/C16H14N6O2S2/c1-22-10-12(8-18-22)15-11(4-3-7-17-15)9-19-26(23,24)14-6-2-5-13-16(14)21-25-20-13/h2-8,10,19H,9H2,1H3. The van der Waals surface area contributed by atoms with Gasteiger partial charge in [-0.3, -0.25) is 9.67 Å². The predicted molar refractivity (Wildman–Crippen MR) is 97.9 cm³/mol. The third kappa shape index (κ3) is 3.09. The van der Waals surface area contributed by atoms with Crippen LogP contribution in [0.25, 0.3) is 22.3 Å². The summed E-state index contributed by atoms with van der Waals surface area (Å²) in [7, 11) is -1.93. The Hall–Kier alpha value is -2.69. The quantitative estimate of drug-likeness (QED) is 0.562. The van der Waals surface area contributed by atoms with Crippen molar-refractivity contribution in [3.05, 3.63) is 54.5 Å². The number of pyridine rings is 1. The average molecular weight is 386 g/mol. The van der Waals surface area contributed by atoms with Gasteiger partial charge in [0.2, 0.25) is 10.0 Å². The Bertz CT molecular complexity index is 1180. The van der Waals surface area contributed by atoms with E-state index in [-0.39, 0.29) is 11.4 Å². The Kier molecular flexibility index (Phi) is 4.23. The third-order valence-electron chi connectivity index (χ3n) is 3.86. The van der Waals surface area contributed by atoms with Gasteiger partial charge in [-0.2, -0.15) is 13.8 Å². The number of hydrogen-bond acceptors (Lipinski definition) is 7. The fourth-order valence-electron chi connectivity index (χ4n) is 2.63. The highest BCUT2D eigenvalue weighted by atomic mass is 32.2. The van der Waals surface area contributed by atoms with Crippen LogP contribution in [0.5, 0.6) is 0 Å². The van der Waals surface area contributed by atoms with Crippen molar-refractivity contribution in [2.45, 2.75) is 11.4 Å². The van der Waals surface area contributed by atoms with E-state index < -0.39 is 10.0 Å². The first-order valence-electron chi connectivity index (χ1n) is 7.68. The van der Waals surface area contributed by atoms with Gasteiger partial charge >= 0.3 is 0 Å². The van der Waals surface area contributed by atoms with Crippen LogP contribution in [0, 0.1) is 0 Å². The molecular formula is C16H14N6O2S2. The van der Waals surface area contributed by atoms with E-state index >= 15 is 0 Å². The van der Waals surface area contributed by atoms with E-state index in [1.807, 2.05) is 19.3 Å². The monoisotopic (exact) mass is 386 g/mol. The number of sulfonamides is 1. The highest BCUT2D eigenvalue weighted by Gasteiger charge is 2.20. The smallest absolute Gasteiger partial charge is 0.243 e.